The van der Waals surface area contributed by atoms with E-state index in [4.69, 9.17) is 5.11 Å². The van der Waals surface area contributed by atoms with Crippen LogP contribution in [-0.4, -0.2) is 42.4 Å². The molecule has 0 atom stereocenters. The largest absolute Gasteiger partial charge is 0.395 e. The van der Waals surface area contributed by atoms with Crippen molar-refractivity contribution in [3.05, 3.63) is 35.8 Å². The predicted molar refractivity (Wildman–Crippen MR) is 81.9 cm³/mol. The third kappa shape index (κ3) is 3.11. The fourth-order valence-electron chi connectivity index (χ4n) is 3.05. The molecule has 2 N–H and O–H groups in total. The smallest absolute Gasteiger partial charge is 0.196 e. The van der Waals surface area contributed by atoms with E-state index >= 15 is 0 Å². The molecule has 1 aliphatic heterocycles. The van der Waals surface area contributed by atoms with Gasteiger partial charge in [0, 0.05) is 42.9 Å². The molecule has 23 heavy (non-hydrogen) atoms. The van der Waals surface area contributed by atoms with E-state index in [-0.39, 0.29) is 17.5 Å². The minimum Gasteiger partial charge on any atom is -0.395 e. The number of aromatic nitrogens is 1. The van der Waals surface area contributed by atoms with Gasteiger partial charge in [-0.05, 0) is 25.0 Å². The topological polar surface area (TPSA) is 48.4 Å². The maximum absolute atomic E-state index is 13.9. The number of anilines is 1. The Hall–Kier alpha value is -1.86. The van der Waals surface area contributed by atoms with Crippen molar-refractivity contribution in [1.29, 1.82) is 0 Å². The lowest BCUT2D eigenvalue weighted by Gasteiger charge is -2.34. The van der Waals surface area contributed by atoms with Gasteiger partial charge in [0.05, 0.1) is 6.61 Å². The van der Waals surface area contributed by atoms with Crippen molar-refractivity contribution < 1.29 is 18.3 Å². The van der Waals surface area contributed by atoms with Gasteiger partial charge >= 0.3 is 0 Å². The number of nitrogens with one attached hydrogen (secondary N) is 1. The number of rotatable bonds is 4. The van der Waals surface area contributed by atoms with Gasteiger partial charge in [-0.2, -0.15) is 0 Å². The normalized spacial score (nSPS) is 16.3. The summed E-state index contributed by atoms with van der Waals surface area (Å²) < 4.78 is 40.8. The Morgan fingerprint density at radius 2 is 1.96 bits per heavy atom. The number of pyridine rings is 1. The van der Waals surface area contributed by atoms with E-state index in [1.165, 1.54) is 6.20 Å². The summed E-state index contributed by atoms with van der Waals surface area (Å²) in [6.45, 7) is 2.07. The highest BCUT2D eigenvalue weighted by Crippen LogP contribution is 2.31. The lowest BCUT2D eigenvalue weighted by molar-refractivity contribution is 0.277. The summed E-state index contributed by atoms with van der Waals surface area (Å²) in [6.07, 6.45) is 3.13. The van der Waals surface area contributed by atoms with Gasteiger partial charge in [-0.1, -0.05) is 0 Å². The molecule has 1 aromatic heterocycles. The van der Waals surface area contributed by atoms with Crippen LogP contribution in [0, 0.1) is 17.5 Å². The number of piperidine rings is 1. The Bertz CT molecular complexity index is 703. The summed E-state index contributed by atoms with van der Waals surface area (Å²) in [6, 6.07) is 3.02. The van der Waals surface area contributed by atoms with Gasteiger partial charge in [0.2, 0.25) is 0 Å². The summed E-state index contributed by atoms with van der Waals surface area (Å²) in [7, 11) is 0. The third-order valence-electron chi connectivity index (χ3n) is 4.23. The molecule has 0 bridgehead atoms. The summed E-state index contributed by atoms with van der Waals surface area (Å²) in [4.78, 5) is 5.87. The molecule has 7 heteroatoms. The minimum atomic E-state index is -1.49. The van der Waals surface area contributed by atoms with E-state index in [2.05, 4.69) is 10.3 Å². The molecule has 1 saturated heterocycles. The summed E-state index contributed by atoms with van der Waals surface area (Å²) in [5.41, 5.74) is 0.510. The van der Waals surface area contributed by atoms with E-state index < -0.39 is 17.5 Å². The van der Waals surface area contributed by atoms with Crippen molar-refractivity contribution in [2.24, 2.45) is 0 Å². The van der Waals surface area contributed by atoms with Crippen LogP contribution in [0.1, 0.15) is 12.8 Å². The van der Waals surface area contributed by atoms with Crippen molar-refractivity contribution >= 4 is 16.6 Å². The SMILES string of the molecule is OCCNC1CCN(c2ccnc3c(F)c(F)c(F)cc23)CC1. The van der Waals surface area contributed by atoms with Crippen LogP contribution in [0.4, 0.5) is 18.9 Å². The molecule has 4 nitrogen and oxygen atoms in total. The van der Waals surface area contributed by atoms with Crippen molar-refractivity contribution in [3.63, 3.8) is 0 Å². The molecular formula is C16H18F3N3O. The second-order valence-electron chi connectivity index (χ2n) is 5.65. The number of fused-ring (bicyclic) bond motifs is 1. The Morgan fingerprint density at radius 3 is 2.65 bits per heavy atom. The summed E-state index contributed by atoms with van der Waals surface area (Å²) >= 11 is 0. The van der Waals surface area contributed by atoms with Crippen molar-refractivity contribution in [2.75, 3.05) is 31.1 Å². The fourth-order valence-corrected chi connectivity index (χ4v) is 3.05. The number of hydrogen-bond acceptors (Lipinski definition) is 4. The van der Waals surface area contributed by atoms with Crippen LogP contribution in [0.3, 0.4) is 0 Å². The minimum absolute atomic E-state index is 0.0966. The number of aliphatic hydroxyl groups excluding tert-OH is 1. The first kappa shape index (κ1) is 16.0. The van der Waals surface area contributed by atoms with Crippen molar-refractivity contribution in [1.82, 2.24) is 10.3 Å². The predicted octanol–water partition coefficient (Wildman–Crippen LogP) is 2.20. The van der Waals surface area contributed by atoms with Gasteiger partial charge in [0.1, 0.15) is 5.52 Å². The van der Waals surface area contributed by atoms with Crippen LogP contribution < -0.4 is 10.2 Å². The molecule has 2 heterocycles. The van der Waals surface area contributed by atoms with Crippen LogP contribution in [0.25, 0.3) is 10.9 Å². The van der Waals surface area contributed by atoms with E-state index in [0.717, 1.165) is 18.9 Å². The quantitative estimate of drug-likeness (QED) is 0.846. The van der Waals surface area contributed by atoms with E-state index in [1.807, 2.05) is 4.90 Å². The molecular weight excluding hydrogens is 307 g/mol. The molecule has 0 saturated carbocycles. The molecule has 0 radical (unpaired) electrons. The van der Waals surface area contributed by atoms with Crippen LogP contribution in [0.5, 0.6) is 0 Å². The standard InChI is InChI=1S/C16H18F3N3O/c17-12-9-11-13(1-4-21-16(11)15(19)14(12)18)22-6-2-10(3-7-22)20-5-8-23/h1,4,9-10,20,23H,2-3,5-8H2. The monoisotopic (exact) mass is 325 g/mol. The molecule has 1 aromatic carbocycles. The fraction of sp³-hybridized carbons (Fsp3) is 0.438. The number of benzene rings is 1. The Balaban J connectivity index is 1.87. The molecule has 3 rings (SSSR count). The van der Waals surface area contributed by atoms with Gasteiger partial charge in [0.15, 0.2) is 17.5 Å². The second-order valence-corrected chi connectivity index (χ2v) is 5.65. The van der Waals surface area contributed by atoms with Gasteiger partial charge in [-0.3, -0.25) is 4.98 Å². The molecule has 124 valence electrons. The highest BCUT2D eigenvalue weighted by atomic mass is 19.2. The van der Waals surface area contributed by atoms with Crippen LogP contribution in [0.2, 0.25) is 0 Å². The van der Waals surface area contributed by atoms with Gasteiger partial charge in [0.25, 0.3) is 0 Å². The summed E-state index contributed by atoms with van der Waals surface area (Å²) in [5, 5.41) is 12.4. The maximum Gasteiger partial charge on any atom is 0.196 e. The number of nitrogens with zero attached hydrogens (tertiary/aromatic N) is 2. The molecule has 0 spiro atoms. The highest BCUT2D eigenvalue weighted by Gasteiger charge is 2.22. The lowest BCUT2D eigenvalue weighted by atomic mass is 10.0. The van der Waals surface area contributed by atoms with E-state index in [0.29, 0.717) is 31.4 Å². The summed E-state index contributed by atoms with van der Waals surface area (Å²) in [5.74, 6) is -3.95. The lowest BCUT2D eigenvalue weighted by Crippen LogP contribution is -2.43. The molecule has 2 aromatic rings. The number of halogens is 3. The second kappa shape index (κ2) is 6.72. The van der Waals surface area contributed by atoms with Crippen LogP contribution in [-0.2, 0) is 0 Å². The zero-order chi connectivity index (χ0) is 16.4. The van der Waals surface area contributed by atoms with E-state index in [9.17, 15) is 13.2 Å². The van der Waals surface area contributed by atoms with Crippen molar-refractivity contribution in [2.45, 2.75) is 18.9 Å². The zero-order valence-electron chi connectivity index (χ0n) is 12.5. The van der Waals surface area contributed by atoms with Gasteiger partial charge in [-0.25, -0.2) is 13.2 Å². The van der Waals surface area contributed by atoms with Crippen LogP contribution >= 0.6 is 0 Å². The average Bonchev–Trinajstić information content (AvgIpc) is 2.58. The Labute approximate surface area is 131 Å². The van der Waals surface area contributed by atoms with E-state index in [1.54, 1.807) is 6.07 Å². The van der Waals surface area contributed by atoms with Crippen molar-refractivity contribution in [3.8, 4) is 0 Å². The van der Waals surface area contributed by atoms with Crippen LogP contribution in [0.15, 0.2) is 18.3 Å². The first-order valence-corrected chi connectivity index (χ1v) is 7.63. The molecule has 0 aliphatic carbocycles. The number of aliphatic hydroxyl groups is 1. The zero-order valence-corrected chi connectivity index (χ0v) is 12.5. The molecule has 1 fully saturated rings. The molecule has 1 aliphatic rings. The Morgan fingerprint density at radius 1 is 1.22 bits per heavy atom. The maximum atomic E-state index is 13.9. The first-order valence-electron chi connectivity index (χ1n) is 7.63. The number of hydrogen-bond donors (Lipinski definition) is 2. The average molecular weight is 325 g/mol. The highest BCUT2D eigenvalue weighted by molar-refractivity contribution is 5.92. The molecule has 0 amide bonds. The molecule has 0 unspecified atom stereocenters. The third-order valence-corrected chi connectivity index (χ3v) is 4.23. The van der Waals surface area contributed by atoms with Gasteiger partial charge in [-0.15, -0.1) is 0 Å². The first-order chi connectivity index (χ1) is 11.1. The Kier molecular flexibility index (Phi) is 4.68. The van der Waals surface area contributed by atoms with Gasteiger partial charge < -0.3 is 15.3 Å².